The standard InChI is InChI=1S/C10H5ClN4O4/c11-5-3-1-2-4-6(5)12-9(16)15-7(4)13-8(14-15)19-10(17)18/h1-3H,(H,12,16)(H,17,18). The van der Waals surface area contributed by atoms with E-state index in [1.807, 2.05) is 0 Å². The van der Waals surface area contributed by atoms with Gasteiger partial charge in [0.1, 0.15) is 0 Å². The highest BCUT2D eigenvalue weighted by atomic mass is 35.5. The molecule has 1 aromatic carbocycles. The van der Waals surface area contributed by atoms with Crippen molar-refractivity contribution in [2.24, 2.45) is 0 Å². The molecule has 0 aliphatic rings. The fourth-order valence-corrected chi connectivity index (χ4v) is 1.95. The number of nitrogens with one attached hydrogen (secondary N) is 1. The van der Waals surface area contributed by atoms with E-state index >= 15 is 0 Å². The number of hydrogen-bond acceptors (Lipinski definition) is 5. The molecule has 0 spiro atoms. The van der Waals surface area contributed by atoms with Crippen LogP contribution in [0.2, 0.25) is 5.02 Å². The lowest BCUT2D eigenvalue weighted by atomic mass is 10.2. The number of aromatic nitrogens is 4. The van der Waals surface area contributed by atoms with Gasteiger partial charge in [-0.05, 0) is 12.1 Å². The van der Waals surface area contributed by atoms with Crippen molar-refractivity contribution in [2.75, 3.05) is 0 Å². The van der Waals surface area contributed by atoms with Crippen LogP contribution in [0.5, 0.6) is 6.01 Å². The lowest BCUT2D eigenvalue weighted by Crippen LogP contribution is -2.17. The number of nitrogens with zero attached hydrogens (tertiary/aromatic N) is 3. The molecule has 2 heterocycles. The second kappa shape index (κ2) is 3.95. The molecule has 0 aliphatic heterocycles. The number of carboxylic acid groups (broad SMARTS) is 1. The van der Waals surface area contributed by atoms with Gasteiger partial charge in [-0.25, -0.2) is 9.59 Å². The number of carbonyl (C=O) groups is 1. The summed E-state index contributed by atoms with van der Waals surface area (Å²) in [6.45, 7) is 0. The Hall–Kier alpha value is -2.61. The van der Waals surface area contributed by atoms with Crippen LogP contribution in [0.1, 0.15) is 0 Å². The predicted molar refractivity (Wildman–Crippen MR) is 64.8 cm³/mol. The van der Waals surface area contributed by atoms with Crippen molar-refractivity contribution in [1.29, 1.82) is 0 Å². The third-order valence-electron chi connectivity index (χ3n) is 2.45. The highest BCUT2D eigenvalue weighted by Gasteiger charge is 2.14. The molecule has 3 rings (SSSR count). The molecule has 0 unspecified atom stereocenters. The van der Waals surface area contributed by atoms with Crippen LogP contribution in [0, 0.1) is 0 Å². The first-order chi connectivity index (χ1) is 9.06. The number of para-hydroxylation sites is 1. The number of halogens is 1. The minimum atomic E-state index is -1.56. The molecule has 0 saturated carbocycles. The molecule has 0 bridgehead atoms. The minimum absolute atomic E-state index is 0.164. The summed E-state index contributed by atoms with van der Waals surface area (Å²) < 4.78 is 5.23. The first-order valence-corrected chi connectivity index (χ1v) is 5.42. The Morgan fingerprint density at radius 3 is 3.00 bits per heavy atom. The molecule has 0 aliphatic carbocycles. The molecule has 0 saturated heterocycles. The normalized spacial score (nSPS) is 11.0. The second-order valence-corrected chi connectivity index (χ2v) is 4.00. The molecule has 8 nitrogen and oxygen atoms in total. The van der Waals surface area contributed by atoms with Crippen LogP contribution in [-0.2, 0) is 0 Å². The van der Waals surface area contributed by atoms with E-state index in [0.29, 0.717) is 15.9 Å². The minimum Gasteiger partial charge on any atom is -0.449 e. The van der Waals surface area contributed by atoms with Crippen LogP contribution in [0.15, 0.2) is 23.0 Å². The highest BCUT2D eigenvalue weighted by Crippen LogP contribution is 2.23. The Bertz CT molecular complexity index is 869. The van der Waals surface area contributed by atoms with Gasteiger partial charge in [0.05, 0.1) is 10.5 Å². The Morgan fingerprint density at radius 2 is 2.26 bits per heavy atom. The average Bonchev–Trinajstić information content (AvgIpc) is 2.74. The number of rotatable bonds is 1. The molecule has 3 aromatic rings. The van der Waals surface area contributed by atoms with E-state index in [0.717, 1.165) is 4.52 Å². The molecular weight excluding hydrogens is 276 g/mol. The van der Waals surface area contributed by atoms with Crippen molar-refractivity contribution in [1.82, 2.24) is 19.6 Å². The molecule has 2 aromatic heterocycles. The summed E-state index contributed by atoms with van der Waals surface area (Å²) in [5.74, 6) is 0. The molecule has 0 amide bonds. The van der Waals surface area contributed by atoms with Crippen molar-refractivity contribution >= 4 is 34.3 Å². The maximum atomic E-state index is 11.8. The van der Waals surface area contributed by atoms with Crippen LogP contribution in [-0.4, -0.2) is 30.8 Å². The van der Waals surface area contributed by atoms with Gasteiger partial charge in [-0.2, -0.15) is 9.50 Å². The van der Waals surface area contributed by atoms with Crippen molar-refractivity contribution in [2.45, 2.75) is 0 Å². The van der Waals surface area contributed by atoms with E-state index in [9.17, 15) is 9.59 Å². The number of H-pyrrole nitrogens is 1. The van der Waals surface area contributed by atoms with Gasteiger partial charge in [0.15, 0.2) is 5.65 Å². The molecule has 0 atom stereocenters. The Balaban J connectivity index is 2.40. The van der Waals surface area contributed by atoms with Crippen LogP contribution < -0.4 is 10.4 Å². The second-order valence-electron chi connectivity index (χ2n) is 3.59. The largest absolute Gasteiger partial charge is 0.513 e. The Morgan fingerprint density at radius 1 is 1.47 bits per heavy atom. The van der Waals surface area contributed by atoms with Gasteiger partial charge in [0, 0.05) is 5.39 Å². The van der Waals surface area contributed by atoms with Gasteiger partial charge in [-0.15, -0.1) is 5.10 Å². The smallest absolute Gasteiger partial charge is 0.449 e. The lowest BCUT2D eigenvalue weighted by molar-refractivity contribution is 0.140. The summed E-state index contributed by atoms with van der Waals surface area (Å²) in [5.41, 5.74) is -0.0308. The van der Waals surface area contributed by atoms with E-state index in [2.05, 4.69) is 19.8 Å². The van der Waals surface area contributed by atoms with Crippen LogP contribution >= 0.6 is 11.6 Å². The van der Waals surface area contributed by atoms with Crippen molar-refractivity contribution in [3.05, 3.63) is 33.7 Å². The SMILES string of the molecule is O=C(O)Oc1nc2c3cccc(Cl)c3[nH]c(=O)n2n1. The van der Waals surface area contributed by atoms with Crippen molar-refractivity contribution < 1.29 is 14.6 Å². The summed E-state index contributed by atoms with van der Waals surface area (Å²) >= 11 is 5.97. The van der Waals surface area contributed by atoms with Crippen molar-refractivity contribution in [3.63, 3.8) is 0 Å². The van der Waals surface area contributed by atoms with E-state index in [4.69, 9.17) is 16.7 Å². The van der Waals surface area contributed by atoms with Crippen LogP contribution in [0.3, 0.4) is 0 Å². The Kier molecular flexibility index (Phi) is 2.39. The summed E-state index contributed by atoms with van der Waals surface area (Å²) in [5, 5.41) is 13.0. The maximum Gasteiger partial charge on any atom is 0.513 e. The van der Waals surface area contributed by atoms with Gasteiger partial charge in [-0.3, -0.25) is 0 Å². The molecule has 0 fully saturated rings. The number of fused-ring (bicyclic) bond motifs is 3. The number of aromatic amines is 1. The highest BCUT2D eigenvalue weighted by molar-refractivity contribution is 6.35. The first-order valence-electron chi connectivity index (χ1n) is 5.04. The number of hydrogen-bond donors (Lipinski definition) is 2. The van der Waals surface area contributed by atoms with Crippen LogP contribution in [0.4, 0.5) is 4.79 Å². The summed E-state index contributed by atoms with van der Waals surface area (Å²) in [4.78, 5) is 28.6. The zero-order chi connectivity index (χ0) is 13.6. The molecular formula is C10H5ClN4O4. The molecule has 19 heavy (non-hydrogen) atoms. The number of benzene rings is 1. The molecule has 0 radical (unpaired) electrons. The summed E-state index contributed by atoms with van der Waals surface area (Å²) in [7, 11) is 0. The van der Waals surface area contributed by atoms with Gasteiger partial charge >= 0.3 is 17.9 Å². The molecule has 2 N–H and O–H groups in total. The summed E-state index contributed by atoms with van der Waals surface area (Å²) in [6.07, 6.45) is -1.56. The fraction of sp³-hybridized carbons (Fsp3) is 0. The average molecular weight is 281 g/mol. The summed E-state index contributed by atoms with van der Waals surface area (Å²) in [6, 6.07) is 4.54. The molecule has 9 heteroatoms. The van der Waals surface area contributed by atoms with E-state index in [1.54, 1.807) is 18.2 Å². The quantitative estimate of drug-likeness (QED) is 0.650. The van der Waals surface area contributed by atoms with Crippen LogP contribution in [0.25, 0.3) is 16.6 Å². The first kappa shape index (κ1) is 11.5. The van der Waals surface area contributed by atoms with E-state index < -0.39 is 17.9 Å². The van der Waals surface area contributed by atoms with Gasteiger partial charge in [0.25, 0.3) is 0 Å². The van der Waals surface area contributed by atoms with E-state index in [1.165, 1.54) is 0 Å². The zero-order valence-corrected chi connectivity index (χ0v) is 9.88. The zero-order valence-electron chi connectivity index (χ0n) is 9.12. The fourth-order valence-electron chi connectivity index (χ4n) is 1.73. The monoisotopic (exact) mass is 280 g/mol. The van der Waals surface area contributed by atoms with Gasteiger partial charge < -0.3 is 14.8 Å². The predicted octanol–water partition coefficient (Wildman–Crippen LogP) is 1.28. The van der Waals surface area contributed by atoms with Crippen molar-refractivity contribution in [3.8, 4) is 6.01 Å². The Labute approximate surface area is 109 Å². The third-order valence-corrected chi connectivity index (χ3v) is 2.76. The lowest BCUT2D eigenvalue weighted by Gasteiger charge is -2.00. The number of ether oxygens (including phenoxy) is 1. The van der Waals surface area contributed by atoms with E-state index in [-0.39, 0.29) is 5.65 Å². The van der Waals surface area contributed by atoms with Gasteiger partial charge in [0.2, 0.25) is 0 Å². The van der Waals surface area contributed by atoms with Gasteiger partial charge in [-0.1, -0.05) is 17.7 Å². The maximum absolute atomic E-state index is 11.8. The third kappa shape index (κ3) is 1.78. The topological polar surface area (TPSA) is 110 Å². The molecule has 96 valence electrons.